The predicted molar refractivity (Wildman–Crippen MR) is 63.4 cm³/mol. The lowest BCUT2D eigenvalue weighted by Gasteiger charge is -2.13. The monoisotopic (exact) mass is 216 g/mol. The molecule has 1 atom stereocenters. The molecule has 0 aliphatic carbocycles. The Morgan fingerprint density at radius 2 is 2.06 bits per heavy atom. The van der Waals surface area contributed by atoms with E-state index in [0.717, 1.165) is 22.8 Å². The molecule has 0 aromatic carbocycles. The summed E-state index contributed by atoms with van der Waals surface area (Å²) in [5.41, 5.74) is 9.08. The van der Waals surface area contributed by atoms with E-state index in [4.69, 9.17) is 5.73 Å². The third kappa shape index (κ3) is 1.72. The Morgan fingerprint density at radius 1 is 1.31 bits per heavy atom. The largest absolute Gasteiger partial charge is 0.324 e. The zero-order valence-electron chi connectivity index (χ0n) is 9.81. The van der Waals surface area contributed by atoms with Crippen molar-refractivity contribution in [3.05, 3.63) is 41.6 Å². The van der Waals surface area contributed by atoms with Gasteiger partial charge >= 0.3 is 0 Å². The maximum absolute atomic E-state index is 5.94. The van der Waals surface area contributed by atoms with Crippen molar-refractivity contribution < 1.29 is 0 Å². The lowest BCUT2D eigenvalue weighted by Crippen LogP contribution is -2.11. The number of nitrogens with two attached hydrogens (primary N) is 1. The van der Waals surface area contributed by atoms with Crippen LogP contribution in [0.2, 0.25) is 0 Å². The number of nitrogens with zero attached hydrogens (tertiary/aromatic N) is 3. The Balaban J connectivity index is 2.60. The molecule has 4 heteroatoms. The van der Waals surface area contributed by atoms with E-state index in [1.165, 1.54) is 0 Å². The highest BCUT2D eigenvalue weighted by Crippen LogP contribution is 2.19. The second-order valence-electron chi connectivity index (χ2n) is 3.99. The van der Waals surface area contributed by atoms with Crippen LogP contribution in [0.5, 0.6) is 0 Å². The first-order valence-corrected chi connectivity index (χ1v) is 5.32. The van der Waals surface area contributed by atoms with Gasteiger partial charge in [0.15, 0.2) is 0 Å². The summed E-state index contributed by atoms with van der Waals surface area (Å²) in [6, 6.07) is 3.87. The van der Waals surface area contributed by atoms with E-state index < -0.39 is 0 Å². The van der Waals surface area contributed by atoms with Crippen LogP contribution in [0.3, 0.4) is 0 Å². The van der Waals surface area contributed by atoms with E-state index in [-0.39, 0.29) is 6.04 Å². The number of aryl methyl sites for hydroxylation is 1. The minimum atomic E-state index is -0.0363. The standard InChI is InChI=1S/C12H16N4/c1-8(13)11-5-4-6-14-12(11)16-7-15-9(2)10(16)3/h4-8H,13H2,1-3H3/t8-/m1/s1. The van der Waals surface area contributed by atoms with Crippen LogP contribution < -0.4 is 5.73 Å². The van der Waals surface area contributed by atoms with Crippen LogP contribution in [0.1, 0.15) is 29.9 Å². The van der Waals surface area contributed by atoms with Crippen molar-refractivity contribution in [1.82, 2.24) is 14.5 Å². The molecular weight excluding hydrogens is 200 g/mol. The Kier molecular flexibility index (Phi) is 2.75. The molecule has 0 saturated carbocycles. The topological polar surface area (TPSA) is 56.7 Å². The van der Waals surface area contributed by atoms with Crippen molar-refractivity contribution in [2.24, 2.45) is 5.73 Å². The van der Waals surface area contributed by atoms with Crippen LogP contribution >= 0.6 is 0 Å². The fourth-order valence-corrected chi connectivity index (χ4v) is 1.68. The average molecular weight is 216 g/mol. The zero-order valence-corrected chi connectivity index (χ0v) is 9.81. The third-order valence-corrected chi connectivity index (χ3v) is 2.79. The van der Waals surface area contributed by atoms with E-state index in [0.29, 0.717) is 0 Å². The fourth-order valence-electron chi connectivity index (χ4n) is 1.68. The molecule has 4 nitrogen and oxygen atoms in total. The molecule has 16 heavy (non-hydrogen) atoms. The summed E-state index contributed by atoms with van der Waals surface area (Å²) in [5, 5.41) is 0. The highest BCUT2D eigenvalue weighted by molar-refractivity contribution is 5.38. The molecule has 0 aliphatic heterocycles. The van der Waals surface area contributed by atoms with Gasteiger partial charge in [0.25, 0.3) is 0 Å². The van der Waals surface area contributed by atoms with Crippen molar-refractivity contribution in [2.75, 3.05) is 0 Å². The van der Waals surface area contributed by atoms with Gasteiger partial charge in [-0.1, -0.05) is 6.07 Å². The maximum atomic E-state index is 5.94. The van der Waals surface area contributed by atoms with Crippen LogP contribution in [0.25, 0.3) is 5.82 Å². The molecule has 0 amide bonds. The van der Waals surface area contributed by atoms with Crippen molar-refractivity contribution in [3.8, 4) is 5.82 Å². The van der Waals surface area contributed by atoms with E-state index >= 15 is 0 Å². The fraction of sp³-hybridized carbons (Fsp3) is 0.333. The second kappa shape index (κ2) is 4.06. The minimum absolute atomic E-state index is 0.0363. The summed E-state index contributed by atoms with van der Waals surface area (Å²) >= 11 is 0. The van der Waals surface area contributed by atoms with Gasteiger partial charge in [-0.05, 0) is 26.8 Å². The third-order valence-electron chi connectivity index (χ3n) is 2.79. The van der Waals surface area contributed by atoms with E-state index in [1.807, 2.05) is 37.5 Å². The Bertz CT molecular complexity index is 499. The summed E-state index contributed by atoms with van der Waals surface area (Å²) in [5.74, 6) is 0.871. The number of pyridine rings is 1. The van der Waals surface area contributed by atoms with Gasteiger partial charge in [-0.15, -0.1) is 0 Å². The lowest BCUT2D eigenvalue weighted by molar-refractivity contribution is 0.786. The van der Waals surface area contributed by atoms with Gasteiger partial charge < -0.3 is 5.73 Å². The number of hydrogen-bond acceptors (Lipinski definition) is 3. The maximum Gasteiger partial charge on any atom is 0.142 e. The SMILES string of the molecule is Cc1ncn(-c2ncccc2[C@@H](C)N)c1C. The van der Waals surface area contributed by atoms with E-state index in [1.54, 1.807) is 12.5 Å². The molecule has 2 N–H and O–H groups in total. The summed E-state index contributed by atoms with van der Waals surface area (Å²) in [7, 11) is 0. The molecule has 0 spiro atoms. The van der Waals surface area contributed by atoms with Gasteiger partial charge in [0.1, 0.15) is 12.1 Å². The van der Waals surface area contributed by atoms with Crippen LogP contribution in [0.15, 0.2) is 24.7 Å². The van der Waals surface area contributed by atoms with E-state index in [9.17, 15) is 0 Å². The number of hydrogen-bond donors (Lipinski definition) is 1. The summed E-state index contributed by atoms with van der Waals surface area (Å²) in [6.45, 7) is 5.97. The first-order chi connectivity index (χ1) is 7.61. The number of rotatable bonds is 2. The molecule has 0 bridgehead atoms. The molecule has 0 radical (unpaired) electrons. The van der Waals surface area contributed by atoms with Crippen molar-refractivity contribution >= 4 is 0 Å². The van der Waals surface area contributed by atoms with Crippen LogP contribution in [-0.4, -0.2) is 14.5 Å². The first-order valence-electron chi connectivity index (χ1n) is 5.32. The highest BCUT2D eigenvalue weighted by atomic mass is 15.1. The number of aromatic nitrogens is 3. The quantitative estimate of drug-likeness (QED) is 0.834. The summed E-state index contributed by atoms with van der Waals surface area (Å²) in [4.78, 5) is 8.66. The molecule has 2 rings (SSSR count). The van der Waals surface area contributed by atoms with Crippen molar-refractivity contribution in [3.63, 3.8) is 0 Å². The first kappa shape index (κ1) is 10.8. The molecule has 2 aromatic rings. The van der Waals surface area contributed by atoms with Crippen LogP contribution in [0.4, 0.5) is 0 Å². The van der Waals surface area contributed by atoms with Crippen LogP contribution in [-0.2, 0) is 0 Å². The molecule has 0 unspecified atom stereocenters. The van der Waals surface area contributed by atoms with E-state index in [2.05, 4.69) is 9.97 Å². The van der Waals surface area contributed by atoms with Crippen molar-refractivity contribution in [1.29, 1.82) is 0 Å². The Morgan fingerprint density at radius 3 is 2.62 bits per heavy atom. The van der Waals surface area contributed by atoms with Gasteiger partial charge in [0.2, 0.25) is 0 Å². The molecule has 2 heterocycles. The zero-order chi connectivity index (χ0) is 11.7. The van der Waals surface area contributed by atoms with Gasteiger partial charge in [-0.25, -0.2) is 9.97 Å². The van der Waals surface area contributed by atoms with Gasteiger partial charge in [0, 0.05) is 23.5 Å². The van der Waals surface area contributed by atoms with Crippen LogP contribution in [0, 0.1) is 13.8 Å². The lowest BCUT2D eigenvalue weighted by atomic mass is 10.1. The Hall–Kier alpha value is -1.68. The highest BCUT2D eigenvalue weighted by Gasteiger charge is 2.12. The number of imidazole rings is 1. The molecular formula is C12H16N4. The minimum Gasteiger partial charge on any atom is -0.324 e. The second-order valence-corrected chi connectivity index (χ2v) is 3.99. The summed E-state index contributed by atoms with van der Waals surface area (Å²) < 4.78 is 1.98. The predicted octanol–water partition coefficient (Wildman–Crippen LogP) is 1.90. The molecule has 0 aliphatic rings. The summed E-state index contributed by atoms with van der Waals surface area (Å²) in [6.07, 6.45) is 3.56. The molecule has 2 aromatic heterocycles. The average Bonchev–Trinajstić information content (AvgIpc) is 2.60. The Labute approximate surface area is 95.1 Å². The van der Waals surface area contributed by atoms with Gasteiger partial charge in [0.05, 0.1) is 5.69 Å². The molecule has 0 saturated heterocycles. The van der Waals surface area contributed by atoms with Gasteiger partial charge in [-0.3, -0.25) is 4.57 Å². The van der Waals surface area contributed by atoms with Gasteiger partial charge in [-0.2, -0.15) is 0 Å². The van der Waals surface area contributed by atoms with Crippen molar-refractivity contribution in [2.45, 2.75) is 26.8 Å². The normalized spacial score (nSPS) is 12.8. The molecule has 84 valence electrons. The molecule has 0 fully saturated rings. The smallest absolute Gasteiger partial charge is 0.142 e.